The Kier molecular flexibility index (Phi) is 5.32. The van der Waals surface area contributed by atoms with Gasteiger partial charge in [-0.1, -0.05) is 12.1 Å². The number of fused-ring (bicyclic) bond motifs is 1. The third-order valence-corrected chi connectivity index (χ3v) is 4.53. The first-order valence-corrected chi connectivity index (χ1v) is 9.35. The molecule has 8 nitrogen and oxygen atoms in total. The lowest BCUT2D eigenvalue weighted by molar-refractivity contribution is -0.139. The number of carbonyl (C=O) groups excluding carboxylic acids is 2. The van der Waals surface area contributed by atoms with Crippen LogP contribution in [-0.2, 0) is 25.7 Å². The van der Waals surface area contributed by atoms with E-state index < -0.39 is 11.8 Å². The molecule has 30 heavy (non-hydrogen) atoms. The fraction of sp³-hybridized carbons (Fsp3) is 0.136. The molecule has 1 aliphatic heterocycles. The molecule has 1 aliphatic rings. The topological polar surface area (TPSA) is 114 Å². The van der Waals surface area contributed by atoms with Crippen molar-refractivity contribution in [2.75, 3.05) is 11.9 Å². The Morgan fingerprint density at radius 2 is 2.10 bits per heavy atom. The molecule has 3 N–H and O–H groups in total. The highest BCUT2D eigenvalue weighted by atomic mass is 16.5. The van der Waals surface area contributed by atoms with Crippen molar-refractivity contribution in [2.45, 2.75) is 13.5 Å². The van der Waals surface area contributed by atoms with Gasteiger partial charge in [0.2, 0.25) is 11.7 Å². The number of nitrogens with one attached hydrogen (secondary N) is 2. The quantitative estimate of drug-likeness (QED) is 0.328. The minimum atomic E-state index is -0.763. The lowest BCUT2D eigenvalue weighted by Gasteiger charge is -2.09. The molecule has 0 radical (unpaired) electrons. The van der Waals surface area contributed by atoms with Crippen LogP contribution in [0, 0.1) is 0 Å². The van der Waals surface area contributed by atoms with Crippen LogP contribution in [0.1, 0.15) is 18.1 Å². The third kappa shape index (κ3) is 3.68. The Balaban J connectivity index is 1.68. The monoisotopic (exact) mass is 405 g/mol. The van der Waals surface area contributed by atoms with E-state index in [-0.39, 0.29) is 30.4 Å². The van der Waals surface area contributed by atoms with Crippen molar-refractivity contribution in [1.29, 1.82) is 0 Å². The van der Waals surface area contributed by atoms with E-state index in [1.807, 2.05) is 6.07 Å². The van der Waals surface area contributed by atoms with E-state index in [1.54, 1.807) is 55.7 Å². The zero-order valence-corrected chi connectivity index (χ0v) is 16.1. The van der Waals surface area contributed by atoms with Gasteiger partial charge < -0.3 is 24.9 Å². The summed E-state index contributed by atoms with van der Waals surface area (Å²) in [6.45, 7) is 1.70. The molecule has 0 atom stereocenters. The maximum absolute atomic E-state index is 12.9. The van der Waals surface area contributed by atoms with Gasteiger partial charge in [0.1, 0.15) is 5.65 Å². The van der Waals surface area contributed by atoms with Crippen molar-refractivity contribution in [3.63, 3.8) is 0 Å². The predicted octanol–water partition coefficient (Wildman–Crippen LogP) is 2.88. The Morgan fingerprint density at radius 3 is 2.83 bits per heavy atom. The van der Waals surface area contributed by atoms with Crippen LogP contribution < -0.4 is 5.32 Å². The molecule has 0 spiro atoms. The van der Waals surface area contributed by atoms with Gasteiger partial charge in [-0.15, -0.1) is 0 Å². The number of aromatic nitrogens is 2. The number of ketones is 1. The third-order valence-electron chi connectivity index (χ3n) is 4.53. The molecule has 2 aromatic heterocycles. The first kappa shape index (κ1) is 19.4. The van der Waals surface area contributed by atoms with Crippen molar-refractivity contribution in [1.82, 2.24) is 9.97 Å². The van der Waals surface area contributed by atoms with Gasteiger partial charge in [0.05, 0.1) is 13.2 Å². The molecule has 0 bridgehead atoms. The zero-order valence-electron chi connectivity index (χ0n) is 16.1. The molecule has 152 valence electrons. The highest BCUT2D eigenvalue weighted by Gasteiger charge is 2.37. The predicted molar refractivity (Wildman–Crippen MR) is 110 cm³/mol. The molecule has 0 saturated heterocycles. The fourth-order valence-electron chi connectivity index (χ4n) is 3.07. The number of anilines is 1. The lowest BCUT2D eigenvalue weighted by atomic mass is 10.1. The highest BCUT2D eigenvalue weighted by Crippen LogP contribution is 2.30. The van der Waals surface area contributed by atoms with Crippen LogP contribution in [0.2, 0.25) is 0 Å². The summed E-state index contributed by atoms with van der Waals surface area (Å²) in [5.41, 5.74) is 2.51. The minimum Gasteiger partial charge on any atom is -0.462 e. The van der Waals surface area contributed by atoms with Crippen molar-refractivity contribution in [3.8, 4) is 0 Å². The maximum atomic E-state index is 12.9. The smallest absolute Gasteiger partial charge is 0.347 e. The molecule has 3 aromatic rings. The number of ether oxygens (including phenoxy) is 2. The summed E-state index contributed by atoms with van der Waals surface area (Å²) in [5.74, 6) is -1.33. The second-order valence-electron chi connectivity index (χ2n) is 6.49. The van der Waals surface area contributed by atoms with Gasteiger partial charge >= 0.3 is 5.97 Å². The van der Waals surface area contributed by atoms with E-state index in [2.05, 4.69) is 15.3 Å². The van der Waals surface area contributed by atoms with Crippen LogP contribution >= 0.6 is 0 Å². The number of esters is 1. The van der Waals surface area contributed by atoms with Crippen LogP contribution in [0.4, 0.5) is 5.69 Å². The Bertz CT molecular complexity index is 1170. The van der Waals surface area contributed by atoms with Crippen LogP contribution in [-0.4, -0.2) is 33.4 Å². The van der Waals surface area contributed by atoms with E-state index >= 15 is 0 Å². The Hall–Kier alpha value is -3.91. The molecule has 0 amide bonds. The number of aromatic amines is 1. The summed E-state index contributed by atoms with van der Waals surface area (Å²) in [6.07, 6.45) is 4.94. The fourth-order valence-corrected chi connectivity index (χ4v) is 3.07. The number of H-pyrrole nitrogens is 1. The van der Waals surface area contributed by atoms with Gasteiger partial charge in [0.15, 0.2) is 11.3 Å². The van der Waals surface area contributed by atoms with Gasteiger partial charge in [0, 0.05) is 29.0 Å². The van der Waals surface area contributed by atoms with Crippen molar-refractivity contribution in [2.24, 2.45) is 0 Å². The number of aliphatic hydroxyl groups excluding tert-OH is 1. The highest BCUT2D eigenvalue weighted by molar-refractivity contribution is 6.26. The molecule has 3 heterocycles. The van der Waals surface area contributed by atoms with E-state index in [9.17, 15) is 14.7 Å². The Labute approximate surface area is 171 Å². The first-order valence-electron chi connectivity index (χ1n) is 9.35. The van der Waals surface area contributed by atoms with Gasteiger partial charge in [-0.25, -0.2) is 9.78 Å². The summed E-state index contributed by atoms with van der Waals surface area (Å²) >= 11 is 0. The number of hydrogen-bond donors (Lipinski definition) is 3. The number of rotatable bonds is 6. The second kappa shape index (κ2) is 8.22. The number of allylic oxidation sites excluding steroid dienone is 1. The van der Waals surface area contributed by atoms with Crippen molar-refractivity contribution < 1.29 is 24.2 Å². The van der Waals surface area contributed by atoms with E-state index in [4.69, 9.17) is 9.47 Å². The van der Waals surface area contributed by atoms with Crippen LogP contribution in [0.15, 0.2) is 66.0 Å². The Morgan fingerprint density at radius 1 is 1.30 bits per heavy atom. The molecule has 8 heteroatoms. The van der Waals surface area contributed by atoms with Crippen LogP contribution in [0.3, 0.4) is 0 Å². The molecule has 0 fully saturated rings. The van der Waals surface area contributed by atoms with Crippen molar-refractivity contribution >= 4 is 34.5 Å². The average Bonchev–Trinajstić information content (AvgIpc) is 3.30. The summed E-state index contributed by atoms with van der Waals surface area (Å²) in [7, 11) is 0. The summed E-state index contributed by atoms with van der Waals surface area (Å²) in [6, 6.07) is 10.5. The molecule has 0 unspecified atom stereocenters. The molecule has 1 aromatic carbocycles. The molecule has 4 rings (SSSR count). The number of pyridine rings is 1. The number of Topliss-reactive ketones (excluding diaryl/α,β-unsaturated/α-hetero) is 1. The normalized spacial score (nSPS) is 15.0. The number of carbonyl (C=O) groups is 2. The van der Waals surface area contributed by atoms with Gasteiger partial charge in [0.25, 0.3) is 0 Å². The maximum Gasteiger partial charge on any atom is 0.347 e. The second-order valence-corrected chi connectivity index (χ2v) is 6.49. The number of nitrogens with zero attached hydrogens (tertiary/aromatic N) is 1. The number of benzene rings is 1. The van der Waals surface area contributed by atoms with Crippen molar-refractivity contribution in [3.05, 3.63) is 77.1 Å². The largest absolute Gasteiger partial charge is 0.462 e. The van der Waals surface area contributed by atoms with E-state index in [0.29, 0.717) is 16.9 Å². The SMILES string of the molecule is CCOC(=O)C1=C(Nc2ccc(CO)cc2)O/C(=C\c2c[nH]c3ncccc23)C1=O. The minimum absolute atomic E-state index is 0.000542. The van der Waals surface area contributed by atoms with Gasteiger partial charge in [-0.05, 0) is 42.8 Å². The average molecular weight is 405 g/mol. The van der Waals surface area contributed by atoms with Gasteiger partial charge in [-0.3, -0.25) is 4.79 Å². The summed E-state index contributed by atoms with van der Waals surface area (Å²) in [4.78, 5) is 32.6. The lowest BCUT2D eigenvalue weighted by Crippen LogP contribution is -2.16. The first-order chi connectivity index (χ1) is 14.6. The van der Waals surface area contributed by atoms with Crippen LogP contribution in [0.25, 0.3) is 17.1 Å². The summed E-state index contributed by atoms with van der Waals surface area (Å²) in [5, 5.41) is 13.0. The standard InChI is InChI=1S/C22H19N3O5/c1-2-29-22(28)18-19(27)17(10-14-11-24-20-16(14)4-3-9-23-20)30-21(18)25-15-7-5-13(12-26)6-8-15/h3-11,25-26H,2,12H2,1H3,(H,23,24)/b17-10-. The molecular weight excluding hydrogens is 386 g/mol. The van der Waals surface area contributed by atoms with E-state index in [1.165, 1.54) is 0 Å². The number of hydrogen-bond acceptors (Lipinski definition) is 7. The zero-order chi connectivity index (χ0) is 21.1. The molecular formula is C22H19N3O5. The molecule has 0 aliphatic carbocycles. The summed E-state index contributed by atoms with van der Waals surface area (Å²) < 4.78 is 10.8. The number of aliphatic hydroxyl groups is 1. The molecule has 0 saturated carbocycles. The van der Waals surface area contributed by atoms with E-state index in [0.717, 1.165) is 10.9 Å². The van der Waals surface area contributed by atoms with Crippen LogP contribution in [0.5, 0.6) is 0 Å². The van der Waals surface area contributed by atoms with Gasteiger partial charge in [-0.2, -0.15) is 0 Å².